The van der Waals surface area contributed by atoms with Crippen LogP contribution in [0.15, 0.2) is 0 Å². The van der Waals surface area contributed by atoms with Gasteiger partial charge in [-0.3, -0.25) is 4.79 Å². The van der Waals surface area contributed by atoms with E-state index in [9.17, 15) is 15.0 Å². The Bertz CT molecular complexity index is 343. The van der Waals surface area contributed by atoms with Crippen molar-refractivity contribution in [2.75, 3.05) is 0 Å². The van der Waals surface area contributed by atoms with Crippen LogP contribution in [0.1, 0.15) is 51.4 Å². The van der Waals surface area contributed by atoms with Gasteiger partial charge in [0.1, 0.15) is 5.41 Å². The summed E-state index contributed by atoms with van der Waals surface area (Å²) in [5.41, 5.74) is -0.813. The van der Waals surface area contributed by atoms with E-state index in [1.165, 1.54) is 0 Å². The standard InChI is InChI=1S/C14H22O4/c15-11-5-3-1-2-4-10(11)14(13(16)17)8-9-6-7-12(14)18-9/h9-12,15H,1-8H2,(H,16,17). The van der Waals surface area contributed by atoms with Crippen molar-refractivity contribution < 1.29 is 19.7 Å². The highest BCUT2D eigenvalue weighted by Gasteiger charge is 2.62. The summed E-state index contributed by atoms with van der Waals surface area (Å²) in [5, 5.41) is 20.1. The first kappa shape index (κ1) is 12.4. The van der Waals surface area contributed by atoms with E-state index >= 15 is 0 Å². The quantitative estimate of drug-likeness (QED) is 0.739. The van der Waals surface area contributed by atoms with Crippen LogP contribution >= 0.6 is 0 Å². The van der Waals surface area contributed by atoms with Crippen LogP contribution in [-0.2, 0) is 9.53 Å². The molecule has 0 amide bonds. The minimum atomic E-state index is -0.813. The van der Waals surface area contributed by atoms with Crippen molar-refractivity contribution in [3.8, 4) is 0 Å². The predicted octanol–water partition coefficient (Wildman–Crippen LogP) is 1.95. The average molecular weight is 254 g/mol. The fraction of sp³-hybridized carbons (Fsp3) is 0.929. The molecule has 0 radical (unpaired) electrons. The van der Waals surface area contributed by atoms with Crippen LogP contribution < -0.4 is 0 Å². The van der Waals surface area contributed by atoms with Gasteiger partial charge in [-0.2, -0.15) is 0 Å². The Morgan fingerprint density at radius 3 is 2.50 bits per heavy atom. The van der Waals surface area contributed by atoms with Crippen molar-refractivity contribution in [3.63, 3.8) is 0 Å². The molecule has 0 aromatic carbocycles. The fourth-order valence-electron chi connectivity index (χ4n) is 4.41. The summed E-state index contributed by atoms with van der Waals surface area (Å²) in [6, 6.07) is 0. The molecule has 0 aromatic heterocycles. The van der Waals surface area contributed by atoms with Crippen molar-refractivity contribution in [2.24, 2.45) is 11.3 Å². The van der Waals surface area contributed by atoms with Gasteiger partial charge in [0.2, 0.25) is 0 Å². The molecule has 4 heteroatoms. The normalized spacial score (nSPS) is 48.1. The number of carboxylic acid groups (broad SMARTS) is 1. The van der Waals surface area contributed by atoms with E-state index in [0.29, 0.717) is 6.42 Å². The zero-order chi connectivity index (χ0) is 12.8. The Labute approximate surface area is 107 Å². The van der Waals surface area contributed by atoms with Crippen LogP contribution in [0, 0.1) is 11.3 Å². The average Bonchev–Trinajstić information content (AvgIpc) is 2.87. The number of rotatable bonds is 2. The molecule has 0 aromatic rings. The highest BCUT2D eigenvalue weighted by atomic mass is 16.5. The lowest BCUT2D eigenvalue weighted by atomic mass is 9.62. The molecule has 102 valence electrons. The molecule has 2 N–H and O–H groups in total. The largest absolute Gasteiger partial charge is 0.481 e. The molecular weight excluding hydrogens is 232 g/mol. The molecule has 3 fully saturated rings. The monoisotopic (exact) mass is 254 g/mol. The van der Waals surface area contributed by atoms with Crippen molar-refractivity contribution in [3.05, 3.63) is 0 Å². The first-order valence-corrected chi connectivity index (χ1v) is 7.21. The Hall–Kier alpha value is -0.610. The molecule has 3 aliphatic rings. The maximum absolute atomic E-state index is 11.9. The Kier molecular flexibility index (Phi) is 3.10. The van der Waals surface area contributed by atoms with Crippen LogP contribution in [0.2, 0.25) is 0 Å². The SMILES string of the molecule is O=C(O)C1(C2CCCCCC2O)CC2CCC1O2. The third-order valence-corrected chi connectivity index (χ3v) is 5.29. The Balaban J connectivity index is 1.91. The van der Waals surface area contributed by atoms with Crippen molar-refractivity contribution in [1.82, 2.24) is 0 Å². The van der Waals surface area contributed by atoms with Crippen LogP contribution in [0.25, 0.3) is 0 Å². The van der Waals surface area contributed by atoms with E-state index in [1.54, 1.807) is 0 Å². The molecule has 2 heterocycles. The minimum absolute atomic E-state index is 0.113. The highest BCUT2D eigenvalue weighted by Crippen LogP contribution is 2.55. The number of hydrogen-bond donors (Lipinski definition) is 2. The number of aliphatic hydroxyl groups is 1. The molecule has 2 bridgehead atoms. The third kappa shape index (κ3) is 1.69. The molecule has 5 atom stereocenters. The molecule has 18 heavy (non-hydrogen) atoms. The van der Waals surface area contributed by atoms with E-state index in [-0.39, 0.29) is 18.1 Å². The van der Waals surface area contributed by atoms with E-state index in [1.807, 2.05) is 0 Å². The fourth-order valence-corrected chi connectivity index (χ4v) is 4.41. The van der Waals surface area contributed by atoms with Crippen LogP contribution in [0.3, 0.4) is 0 Å². The number of carbonyl (C=O) groups is 1. The summed E-state index contributed by atoms with van der Waals surface area (Å²) < 4.78 is 5.80. The molecular formula is C14H22O4. The van der Waals surface area contributed by atoms with Gasteiger partial charge >= 0.3 is 5.97 Å². The van der Waals surface area contributed by atoms with Gasteiger partial charge in [0.25, 0.3) is 0 Å². The lowest BCUT2D eigenvalue weighted by Crippen LogP contribution is -2.50. The number of ether oxygens (including phenoxy) is 1. The van der Waals surface area contributed by atoms with Gasteiger partial charge in [-0.25, -0.2) is 0 Å². The number of aliphatic carboxylic acids is 1. The molecule has 3 rings (SSSR count). The highest BCUT2D eigenvalue weighted by molar-refractivity contribution is 5.77. The lowest BCUT2D eigenvalue weighted by molar-refractivity contribution is -0.162. The summed E-state index contributed by atoms with van der Waals surface area (Å²) in [6.07, 6.45) is 6.66. The summed E-state index contributed by atoms with van der Waals surface area (Å²) in [4.78, 5) is 11.9. The minimum Gasteiger partial charge on any atom is -0.481 e. The molecule has 4 nitrogen and oxygen atoms in total. The lowest BCUT2D eigenvalue weighted by Gasteiger charge is -2.40. The van der Waals surface area contributed by atoms with Gasteiger partial charge in [-0.15, -0.1) is 0 Å². The van der Waals surface area contributed by atoms with Gasteiger partial charge < -0.3 is 14.9 Å². The number of carboxylic acids is 1. The van der Waals surface area contributed by atoms with Gasteiger partial charge in [0, 0.05) is 5.92 Å². The van der Waals surface area contributed by atoms with Crippen molar-refractivity contribution >= 4 is 5.97 Å². The Morgan fingerprint density at radius 2 is 1.89 bits per heavy atom. The van der Waals surface area contributed by atoms with Gasteiger partial charge in [0.15, 0.2) is 0 Å². The van der Waals surface area contributed by atoms with Crippen LogP contribution in [0.5, 0.6) is 0 Å². The van der Waals surface area contributed by atoms with E-state index < -0.39 is 17.5 Å². The summed E-state index contributed by atoms with van der Waals surface area (Å²) in [5.74, 6) is -0.867. The first-order valence-electron chi connectivity index (χ1n) is 7.21. The Morgan fingerprint density at radius 1 is 1.11 bits per heavy atom. The molecule has 1 saturated carbocycles. The number of fused-ring (bicyclic) bond motifs is 2. The van der Waals surface area contributed by atoms with Crippen LogP contribution in [-0.4, -0.2) is 34.5 Å². The van der Waals surface area contributed by atoms with Gasteiger partial charge in [-0.1, -0.05) is 19.3 Å². The second-order valence-corrected chi connectivity index (χ2v) is 6.19. The van der Waals surface area contributed by atoms with Gasteiger partial charge in [-0.05, 0) is 32.1 Å². The summed E-state index contributed by atoms with van der Waals surface area (Å²) in [6.45, 7) is 0. The molecule has 2 aliphatic heterocycles. The molecule has 0 spiro atoms. The van der Waals surface area contributed by atoms with Crippen LogP contribution in [0.4, 0.5) is 0 Å². The molecule has 1 aliphatic carbocycles. The predicted molar refractivity (Wildman–Crippen MR) is 65.2 cm³/mol. The second kappa shape index (κ2) is 4.49. The zero-order valence-corrected chi connectivity index (χ0v) is 10.7. The maximum Gasteiger partial charge on any atom is 0.312 e. The van der Waals surface area contributed by atoms with Crippen molar-refractivity contribution in [1.29, 1.82) is 0 Å². The van der Waals surface area contributed by atoms with E-state index in [0.717, 1.165) is 44.9 Å². The zero-order valence-electron chi connectivity index (χ0n) is 10.7. The maximum atomic E-state index is 11.9. The molecule has 5 unspecified atom stereocenters. The topological polar surface area (TPSA) is 66.8 Å². The summed E-state index contributed by atoms with van der Waals surface area (Å²) >= 11 is 0. The smallest absolute Gasteiger partial charge is 0.312 e. The second-order valence-electron chi connectivity index (χ2n) is 6.19. The van der Waals surface area contributed by atoms with E-state index in [4.69, 9.17) is 4.74 Å². The van der Waals surface area contributed by atoms with Gasteiger partial charge in [0.05, 0.1) is 18.3 Å². The third-order valence-electron chi connectivity index (χ3n) is 5.29. The molecule has 2 saturated heterocycles. The first-order chi connectivity index (χ1) is 8.64. The number of aliphatic hydroxyl groups excluding tert-OH is 1. The summed E-state index contributed by atoms with van der Waals surface area (Å²) in [7, 11) is 0. The van der Waals surface area contributed by atoms with Crippen molar-refractivity contribution in [2.45, 2.75) is 69.7 Å². The van der Waals surface area contributed by atoms with E-state index in [2.05, 4.69) is 0 Å². The number of hydrogen-bond acceptors (Lipinski definition) is 3.